The molecule has 0 saturated carbocycles. The van der Waals surface area contributed by atoms with Crippen LogP contribution in [0.15, 0.2) is 59.5 Å². The first kappa shape index (κ1) is 18.5. The molecule has 2 heterocycles. The molecule has 0 spiro atoms. The van der Waals surface area contributed by atoms with Gasteiger partial charge in [0.15, 0.2) is 0 Å². The molecule has 29 heavy (non-hydrogen) atoms. The molecule has 0 N–H and O–H groups in total. The summed E-state index contributed by atoms with van der Waals surface area (Å²) >= 11 is 0. The Hall–Kier alpha value is -3.81. The van der Waals surface area contributed by atoms with Crippen molar-refractivity contribution in [2.45, 2.75) is 20.5 Å². The Morgan fingerprint density at radius 1 is 1.03 bits per heavy atom. The first-order chi connectivity index (χ1) is 14.0. The minimum absolute atomic E-state index is 0.197. The average molecular weight is 388 g/mol. The Morgan fingerprint density at radius 2 is 1.86 bits per heavy atom. The zero-order valence-corrected chi connectivity index (χ0v) is 16.4. The number of hydrogen-bond acceptors (Lipinski definition) is 6. The molecule has 4 aromatic rings. The molecule has 0 atom stereocenters. The van der Waals surface area contributed by atoms with Crippen molar-refractivity contribution in [3.05, 3.63) is 81.9 Å². The molecule has 8 heteroatoms. The van der Waals surface area contributed by atoms with Gasteiger partial charge in [0, 0.05) is 24.4 Å². The quantitative estimate of drug-likeness (QED) is 0.522. The zero-order chi connectivity index (χ0) is 20.4. The van der Waals surface area contributed by atoms with Crippen molar-refractivity contribution in [2.24, 2.45) is 7.05 Å². The maximum atomic E-state index is 12.3. The van der Waals surface area contributed by atoms with E-state index in [1.165, 1.54) is 9.36 Å². The highest BCUT2D eigenvalue weighted by Gasteiger charge is 2.14. The molecule has 0 aliphatic carbocycles. The number of tetrazole rings is 1. The van der Waals surface area contributed by atoms with Gasteiger partial charge in [0.05, 0.1) is 11.4 Å². The Bertz CT molecular complexity index is 1230. The van der Waals surface area contributed by atoms with E-state index in [-0.39, 0.29) is 18.3 Å². The van der Waals surface area contributed by atoms with Crippen LogP contribution in [-0.4, -0.2) is 29.8 Å². The second-order valence-corrected chi connectivity index (χ2v) is 6.75. The van der Waals surface area contributed by atoms with Gasteiger partial charge in [-0.2, -0.15) is 14.3 Å². The largest absolute Gasteiger partial charge is 0.458 e. The molecule has 0 saturated heterocycles. The normalized spacial score (nSPS) is 10.9. The summed E-state index contributed by atoms with van der Waals surface area (Å²) in [6, 6.07) is 15.8. The Labute approximate surface area is 167 Å². The van der Waals surface area contributed by atoms with E-state index >= 15 is 0 Å². The molecule has 2 aromatic carbocycles. The lowest BCUT2D eigenvalue weighted by atomic mass is 10.1. The average Bonchev–Trinajstić information content (AvgIpc) is 3.05. The van der Waals surface area contributed by atoms with E-state index in [1.54, 1.807) is 13.2 Å². The molecule has 0 unspecified atom stereocenters. The first-order valence-electron chi connectivity index (χ1n) is 9.13. The highest BCUT2D eigenvalue weighted by molar-refractivity contribution is 5.59. The van der Waals surface area contributed by atoms with Crippen LogP contribution in [0, 0.1) is 13.8 Å². The van der Waals surface area contributed by atoms with Gasteiger partial charge in [0.25, 0.3) is 0 Å². The lowest BCUT2D eigenvalue weighted by molar-refractivity contribution is 0.280. The van der Waals surface area contributed by atoms with Crippen molar-refractivity contribution in [3.8, 4) is 23.0 Å². The number of benzene rings is 2. The highest BCUT2D eigenvalue weighted by Crippen LogP contribution is 2.21. The van der Waals surface area contributed by atoms with Crippen molar-refractivity contribution < 1.29 is 4.74 Å². The number of aryl methyl sites for hydroxylation is 3. The fourth-order valence-electron chi connectivity index (χ4n) is 3.05. The van der Waals surface area contributed by atoms with Gasteiger partial charge >= 0.3 is 11.7 Å². The summed E-state index contributed by atoms with van der Waals surface area (Å²) in [5.74, 6) is 0. The smallest absolute Gasteiger partial charge is 0.368 e. The van der Waals surface area contributed by atoms with Crippen molar-refractivity contribution in [3.63, 3.8) is 0 Å². The first-order valence-corrected chi connectivity index (χ1v) is 9.13. The molecule has 0 radical (unpaired) electrons. The molecule has 0 aliphatic rings. The predicted molar refractivity (Wildman–Crippen MR) is 108 cm³/mol. The number of rotatable bonds is 5. The van der Waals surface area contributed by atoms with Gasteiger partial charge in [-0.15, -0.1) is 0 Å². The van der Waals surface area contributed by atoms with E-state index in [4.69, 9.17) is 4.74 Å². The summed E-state index contributed by atoms with van der Waals surface area (Å²) in [5, 5.41) is 7.72. The number of nitrogens with zero attached hydrogens (tertiary/aromatic N) is 6. The van der Waals surface area contributed by atoms with Crippen LogP contribution in [0.5, 0.6) is 6.01 Å². The molecule has 4 rings (SSSR count). The van der Waals surface area contributed by atoms with Gasteiger partial charge in [0.1, 0.15) is 6.61 Å². The van der Waals surface area contributed by atoms with E-state index < -0.39 is 0 Å². The second-order valence-electron chi connectivity index (χ2n) is 6.75. The van der Waals surface area contributed by atoms with Crippen LogP contribution in [0.4, 0.5) is 0 Å². The van der Waals surface area contributed by atoms with Gasteiger partial charge in [0.2, 0.25) is 0 Å². The lowest BCUT2D eigenvalue weighted by Gasteiger charge is -2.12. The number of hydrogen-bond donors (Lipinski definition) is 0. The third-order valence-electron chi connectivity index (χ3n) is 4.63. The van der Waals surface area contributed by atoms with E-state index in [9.17, 15) is 4.79 Å². The Morgan fingerprint density at radius 3 is 2.62 bits per heavy atom. The summed E-state index contributed by atoms with van der Waals surface area (Å²) < 4.78 is 8.32. The van der Waals surface area contributed by atoms with Crippen molar-refractivity contribution in [2.75, 3.05) is 0 Å². The molecule has 0 bridgehead atoms. The van der Waals surface area contributed by atoms with E-state index in [1.807, 2.05) is 56.3 Å². The summed E-state index contributed by atoms with van der Waals surface area (Å²) in [6.45, 7) is 4.19. The molecular formula is C21H20N6O2. The molecule has 146 valence electrons. The fraction of sp³-hybridized carbons (Fsp3) is 0.190. The third kappa shape index (κ3) is 3.77. The van der Waals surface area contributed by atoms with E-state index in [0.717, 1.165) is 27.9 Å². The van der Waals surface area contributed by atoms with Crippen molar-refractivity contribution in [1.82, 2.24) is 29.8 Å². The Balaban J connectivity index is 1.63. The minimum Gasteiger partial charge on any atom is -0.458 e. The summed E-state index contributed by atoms with van der Waals surface area (Å²) in [6.07, 6.45) is 1.67. The SMILES string of the molecule is Cc1cccc(-c2ccnc(OCc3c(C)cccc3-n3nnn(C)c3=O)n2)c1. The van der Waals surface area contributed by atoms with Crippen LogP contribution in [0.3, 0.4) is 0 Å². The van der Waals surface area contributed by atoms with Gasteiger partial charge in [-0.1, -0.05) is 35.9 Å². The maximum absolute atomic E-state index is 12.3. The van der Waals surface area contributed by atoms with Crippen molar-refractivity contribution >= 4 is 0 Å². The molecule has 2 aromatic heterocycles. The predicted octanol–water partition coefficient (Wildman–Crippen LogP) is 2.62. The summed E-state index contributed by atoms with van der Waals surface area (Å²) in [7, 11) is 1.56. The highest BCUT2D eigenvalue weighted by atomic mass is 16.5. The number of ether oxygens (including phenoxy) is 1. The number of aromatic nitrogens is 6. The summed E-state index contributed by atoms with van der Waals surface area (Å²) in [4.78, 5) is 21.0. The zero-order valence-electron chi connectivity index (χ0n) is 16.4. The lowest BCUT2D eigenvalue weighted by Crippen LogP contribution is -2.23. The van der Waals surface area contributed by atoms with Gasteiger partial charge < -0.3 is 4.74 Å². The van der Waals surface area contributed by atoms with Gasteiger partial charge in [-0.25, -0.2) is 9.78 Å². The molecule has 8 nitrogen and oxygen atoms in total. The van der Waals surface area contributed by atoms with Gasteiger partial charge in [-0.3, -0.25) is 0 Å². The summed E-state index contributed by atoms with van der Waals surface area (Å²) in [5.41, 5.74) is 5.03. The van der Waals surface area contributed by atoms with Crippen LogP contribution in [-0.2, 0) is 13.7 Å². The van der Waals surface area contributed by atoms with Crippen LogP contribution in [0.1, 0.15) is 16.7 Å². The standard InChI is InChI=1S/C21H20N6O2/c1-14-6-4-8-16(12-14)18-10-11-22-20(23-18)29-13-17-15(2)7-5-9-19(17)27-21(28)26(3)24-25-27/h4-12H,13H2,1-3H3. The van der Waals surface area contributed by atoms with E-state index in [2.05, 4.69) is 26.5 Å². The topological polar surface area (TPSA) is 87.7 Å². The molecule has 0 amide bonds. The van der Waals surface area contributed by atoms with Crippen LogP contribution < -0.4 is 10.4 Å². The maximum Gasteiger partial charge on any atom is 0.368 e. The third-order valence-corrected chi connectivity index (χ3v) is 4.63. The Kier molecular flexibility index (Phi) is 4.90. The molecular weight excluding hydrogens is 368 g/mol. The van der Waals surface area contributed by atoms with Crippen LogP contribution >= 0.6 is 0 Å². The van der Waals surface area contributed by atoms with Gasteiger partial charge in [-0.05, 0) is 48.0 Å². The van der Waals surface area contributed by atoms with Crippen LogP contribution in [0.2, 0.25) is 0 Å². The second kappa shape index (κ2) is 7.67. The van der Waals surface area contributed by atoms with Crippen LogP contribution in [0.25, 0.3) is 16.9 Å². The van der Waals surface area contributed by atoms with E-state index in [0.29, 0.717) is 5.69 Å². The minimum atomic E-state index is -0.324. The molecule has 0 aliphatic heterocycles. The monoisotopic (exact) mass is 388 g/mol. The molecule has 0 fully saturated rings. The fourth-order valence-corrected chi connectivity index (χ4v) is 3.05. The van der Waals surface area contributed by atoms with Crippen molar-refractivity contribution in [1.29, 1.82) is 0 Å².